The van der Waals surface area contributed by atoms with Crippen LogP contribution >= 0.6 is 0 Å². The van der Waals surface area contributed by atoms with Gasteiger partial charge in [0.1, 0.15) is 0 Å². The van der Waals surface area contributed by atoms with Crippen molar-refractivity contribution in [1.82, 2.24) is 4.90 Å². The maximum absolute atomic E-state index is 12.4. The number of amides is 1. The Hall–Kier alpha value is -1.39. The summed E-state index contributed by atoms with van der Waals surface area (Å²) in [6.07, 6.45) is 1.05. The van der Waals surface area contributed by atoms with Gasteiger partial charge in [0, 0.05) is 18.7 Å². The van der Waals surface area contributed by atoms with Crippen molar-refractivity contribution in [2.75, 3.05) is 19.6 Å². The van der Waals surface area contributed by atoms with Crippen LogP contribution in [0.1, 0.15) is 29.8 Å². The number of hydrogen-bond acceptors (Lipinski definition) is 3. The molecule has 1 heterocycles. The first-order valence-corrected chi connectivity index (χ1v) is 6.84. The second kappa shape index (κ2) is 6.17. The predicted molar refractivity (Wildman–Crippen MR) is 75.1 cm³/mol. The summed E-state index contributed by atoms with van der Waals surface area (Å²) in [5.74, 6) is 0.0845. The molecule has 2 N–H and O–H groups in total. The van der Waals surface area contributed by atoms with E-state index in [0.29, 0.717) is 19.6 Å². The van der Waals surface area contributed by atoms with E-state index in [-0.39, 0.29) is 18.1 Å². The van der Waals surface area contributed by atoms with Crippen molar-refractivity contribution < 1.29 is 9.53 Å². The molecule has 0 aromatic heterocycles. The molecule has 1 aromatic rings. The van der Waals surface area contributed by atoms with Crippen molar-refractivity contribution in [3.63, 3.8) is 0 Å². The van der Waals surface area contributed by atoms with Crippen LogP contribution in [-0.2, 0) is 11.2 Å². The first-order chi connectivity index (χ1) is 9.10. The summed E-state index contributed by atoms with van der Waals surface area (Å²) in [6.45, 7) is 5.95. The third kappa shape index (κ3) is 3.55. The van der Waals surface area contributed by atoms with Gasteiger partial charge in [-0.05, 0) is 44.5 Å². The summed E-state index contributed by atoms with van der Waals surface area (Å²) < 4.78 is 5.65. The number of carbonyl (C=O) groups is 1. The molecule has 4 heteroatoms. The Kier molecular flexibility index (Phi) is 4.56. The number of ether oxygens (including phenoxy) is 1. The van der Waals surface area contributed by atoms with E-state index in [1.54, 1.807) is 0 Å². The molecule has 0 spiro atoms. The van der Waals surface area contributed by atoms with Crippen molar-refractivity contribution >= 4 is 5.91 Å². The molecule has 1 saturated heterocycles. The topological polar surface area (TPSA) is 55.6 Å². The van der Waals surface area contributed by atoms with Gasteiger partial charge in [0.25, 0.3) is 5.91 Å². The monoisotopic (exact) mass is 262 g/mol. The summed E-state index contributed by atoms with van der Waals surface area (Å²) in [5.41, 5.74) is 7.42. The van der Waals surface area contributed by atoms with Crippen LogP contribution in [-0.4, -0.2) is 42.6 Å². The molecule has 1 fully saturated rings. The number of carbonyl (C=O) groups excluding carboxylic acids is 1. The van der Waals surface area contributed by atoms with E-state index in [1.165, 1.54) is 5.56 Å². The lowest BCUT2D eigenvalue weighted by Crippen LogP contribution is -2.48. The molecule has 0 saturated carbocycles. The molecule has 2 rings (SSSR count). The maximum atomic E-state index is 12.4. The average Bonchev–Trinajstić information content (AvgIpc) is 2.38. The lowest BCUT2D eigenvalue weighted by Gasteiger charge is -2.35. The molecule has 1 aliphatic rings. The van der Waals surface area contributed by atoms with Crippen molar-refractivity contribution in [3.05, 3.63) is 35.4 Å². The van der Waals surface area contributed by atoms with Crippen LogP contribution in [0, 0.1) is 0 Å². The molecule has 4 nitrogen and oxygen atoms in total. The highest BCUT2D eigenvalue weighted by Crippen LogP contribution is 2.15. The highest BCUT2D eigenvalue weighted by molar-refractivity contribution is 5.94. The molecule has 1 aromatic carbocycles. The first-order valence-electron chi connectivity index (χ1n) is 6.84. The van der Waals surface area contributed by atoms with Crippen molar-refractivity contribution in [1.29, 1.82) is 0 Å². The Morgan fingerprint density at radius 2 is 1.84 bits per heavy atom. The standard InChI is InChI=1S/C15H22N2O2/c1-11-9-17(10-12(2)19-11)15(18)14-5-3-13(4-6-14)7-8-16/h3-6,11-12H,7-10,16H2,1-2H3/t11-,12+. The normalized spacial score (nSPS) is 23.4. The lowest BCUT2D eigenvalue weighted by molar-refractivity contribution is -0.0586. The Morgan fingerprint density at radius 3 is 2.37 bits per heavy atom. The Morgan fingerprint density at radius 1 is 1.26 bits per heavy atom. The SMILES string of the molecule is C[C@@H]1CN(C(=O)c2ccc(CCN)cc2)C[C@H](C)O1. The molecule has 0 bridgehead atoms. The zero-order valence-corrected chi connectivity index (χ0v) is 11.6. The van der Waals surface area contributed by atoms with Gasteiger partial charge in [-0.3, -0.25) is 4.79 Å². The first kappa shape index (κ1) is 14.0. The van der Waals surface area contributed by atoms with Crippen LogP contribution < -0.4 is 5.73 Å². The largest absolute Gasteiger partial charge is 0.372 e. The fourth-order valence-electron chi connectivity index (χ4n) is 2.51. The van der Waals surface area contributed by atoms with Gasteiger partial charge >= 0.3 is 0 Å². The zero-order chi connectivity index (χ0) is 13.8. The zero-order valence-electron chi connectivity index (χ0n) is 11.6. The van der Waals surface area contributed by atoms with Gasteiger partial charge in [-0.25, -0.2) is 0 Å². The molecule has 1 amide bonds. The molecular weight excluding hydrogens is 240 g/mol. The maximum Gasteiger partial charge on any atom is 0.254 e. The van der Waals surface area contributed by atoms with E-state index in [4.69, 9.17) is 10.5 Å². The van der Waals surface area contributed by atoms with Crippen molar-refractivity contribution in [3.8, 4) is 0 Å². The fraction of sp³-hybridized carbons (Fsp3) is 0.533. The summed E-state index contributed by atoms with van der Waals surface area (Å²) in [6, 6.07) is 7.73. The van der Waals surface area contributed by atoms with Crippen LogP contribution in [0.5, 0.6) is 0 Å². The second-order valence-corrected chi connectivity index (χ2v) is 5.20. The van der Waals surface area contributed by atoms with E-state index in [2.05, 4.69) is 0 Å². The third-order valence-electron chi connectivity index (χ3n) is 3.34. The fourth-order valence-corrected chi connectivity index (χ4v) is 2.51. The second-order valence-electron chi connectivity index (χ2n) is 5.20. The third-order valence-corrected chi connectivity index (χ3v) is 3.34. The van der Waals surface area contributed by atoms with Crippen LogP contribution in [0.15, 0.2) is 24.3 Å². The van der Waals surface area contributed by atoms with Gasteiger partial charge in [-0.1, -0.05) is 12.1 Å². The number of nitrogens with zero attached hydrogens (tertiary/aromatic N) is 1. The van der Waals surface area contributed by atoms with Crippen LogP contribution in [0.3, 0.4) is 0 Å². The van der Waals surface area contributed by atoms with E-state index in [1.807, 2.05) is 43.0 Å². The van der Waals surface area contributed by atoms with Gasteiger partial charge in [-0.2, -0.15) is 0 Å². The molecular formula is C15H22N2O2. The quantitative estimate of drug-likeness (QED) is 0.896. The van der Waals surface area contributed by atoms with Gasteiger partial charge < -0.3 is 15.4 Å². The smallest absolute Gasteiger partial charge is 0.254 e. The van der Waals surface area contributed by atoms with Crippen molar-refractivity contribution in [2.24, 2.45) is 5.73 Å². The molecule has 1 aliphatic heterocycles. The Labute approximate surface area is 114 Å². The van der Waals surface area contributed by atoms with Gasteiger partial charge in [0.2, 0.25) is 0 Å². The molecule has 0 aliphatic carbocycles. The summed E-state index contributed by atoms with van der Waals surface area (Å²) in [7, 11) is 0. The number of morpholine rings is 1. The molecule has 0 radical (unpaired) electrons. The van der Waals surface area contributed by atoms with Crippen molar-refractivity contribution in [2.45, 2.75) is 32.5 Å². The molecule has 0 unspecified atom stereocenters. The minimum Gasteiger partial charge on any atom is -0.372 e. The Balaban J connectivity index is 2.06. The van der Waals surface area contributed by atoms with E-state index in [0.717, 1.165) is 12.0 Å². The van der Waals surface area contributed by atoms with E-state index in [9.17, 15) is 4.79 Å². The number of benzene rings is 1. The van der Waals surface area contributed by atoms with E-state index < -0.39 is 0 Å². The van der Waals surface area contributed by atoms with Gasteiger partial charge in [0.15, 0.2) is 0 Å². The van der Waals surface area contributed by atoms with Crippen LogP contribution in [0.2, 0.25) is 0 Å². The minimum absolute atomic E-state index is 0.0845. The molecule has 2 atom stereocenters. The van der Waals surface area contributed by atoms with Crippen LogP contribution in [0.4, 0.5) is 0 Å². The van der Waals surface area contributed by atoms with Gasteiger partial charge in [0.05, 0.1) is 12.2 Å². The Bertz CT molecular complexity index is 420. The predicted octanol–water partition coefficient (Wildman–Crippen LogP) is 1.44. The highest BCUT2D eigenvalue weighted by atomic mass is 16.5. The lowest BCUT2D eigenvalue weighted by atomic mass is 10.1. The van der Waals surface area contributed by atoms with Crippen LogP contribution in [0.25, 0.3) is 0 Å². The summed E-state index contributed by atoms with van der Waals surface area (Å²) in [4.78, 5) is 14.3. The number of rotatable bonds is 3. The minimum atomic E-state index is 0.0845. The average molecular weight is 262 g/mol. The van der Waals surface area contributed by atoms with Gasteiger partial charge in [-0.15, -0.1) is 0 Å². The molecule has 104 valence electrons. The number of hydrogen-bond donors (Lipinski definition) is 1. The number of nitrogens with two attached hydrogens (primary N) is 1. The highest BCUT2D eigenvalue weighted by Gasteiger charge is 2.26. The molecule has 19 heavy (non-hydrogen) atoms. The summed E-state index contributed by atoms with van der Waals surface area (Å²) in [5, 5.41) is 0. The summed E-state index contributed by atoms with van der Waals surface area (Å²) >= 11 is 0. The van der Waals surface area contributed by atoms with E-state index >= 15 is 0 Å².